The maximum absolute atomic E-state index is 5.45. The molecule has 94 valence electrons. The Morgan fingerprint density at radius 2 is 2.11 bits per heavy atom. The van der Waals surface area contributed by atoms with Gasteiger partial charge >= 0.3 is 0 Å². The Morgan fingerprint density at radius 3 is 2.78 bits per heavy atom. The highest BCUT2D eigenvalue weighted by Crippen LogP contribution is 2.29. The summed E-state index contributed by atoms with van der Waals surface area (Å²) in [4.78, 5) is 8.82. The molecule has 1 aromatic carbocycles. The van der Waals surface area contributed by atoms with Crippen LogP contribution in [0.15, 0.2) is 36.5 Å². The lowest BCUT2D eigenvalue weighted by atomic mass is 10.1. The van der Waals surface area contributed by atoms with Gasteiger partial charge in [0.05, 0.1) is 6.61 Å². The molecule has 2 rings (SSSR count). The summed E-state index contributed by atoms with van der Waals surface area (Å²) in [6.45, 7) is 2.43. The Kier molecular flexibility index (Phi) is 4.13. The zero-order valence-corrected chi connectivity index (χ0v) is 11.2. The molecule has 1 aromatic heterocycles. The molecule has 0 saturated carbocycles. The van der Waals surface area contributed by atoms with Crippen LogP contribution in [0.2, 0.25) is 0 Å². The standard InChI is InChI=1S/C13H15N2O2P/c1-2-16-12-7-10(8-15-13(12)17-14)9-4-3-5-11(18)6-9/h3-8H,2,14,18H2,1H3. The third-order valence-electron chi connectivity index (χ3n) is 2.45. The quantitative estimate of drug-likeness (QED) is 0.675. The largest absolute Gasteiger partial charge is 0.488 e. The molecule has 0 fully saturated rings. The number of nitrogens with zero attached hydrogens (tertiary/aromatic N) is 1. The third-order valence-corrected chi connectivity index (χ3v) is 2.81. The van der Waals surface area contributed by atoms with Gasteiger partial charge < -0.3 is 9.57 Å². The van der Waals surface area contributed by atoms with E-state index in [4.69, 9.17) is 10.6 Å². The fourth-order valence-corrected chi connectivity index (χ4v) is 1.95. The molecule has 0 amide bonds. The minimum Gasteiger partial charge on any atom is -0.488 e. The zero-order chi connectivity index (χ0) is 13.0. The van der Waals surface area contributed by atoms with Crippen molar-refractivity contribution >= 4 is 14.5 Å². The van der Waals surface area contributed by atoms with Crippen LogP contribution in [0, 0.1) is 0 Å². The minimum absolute atomic E-state index is 0.294. The van der Waals surface area contributed by atoms with Gasteiger partial charge in [0.2, 0.25) is 0 Å². The lowest BCUT2D eigenvalue weighted by molar-refractivity contribution is 0.274. The molecule has 1 atom stereocenters. The summed E-state index contributed by atoms with van der Waals surface area (Å²) in [7, 11) is 2.67. The maximum Gasteiger partial charge on any atom is 0.279 e. The van der Waals surface area contributed by atoms with Crippen LogP contribution >= 0.6 is 9.24 Å². The molecule has 0 aliphatic heterocycles. The van der Waals surface area contributed by atoms with E-state index < -0.39 is 0 Å². The Hall–Kier alpha value is -1.64. The van der Waals surface area contributed by atoms with Crippen molar-refractivity contribution in [2.45, 2.75) is 6.92 Å². The second kappa shape index (κ2) is 5.80. The number of rotatable bonds is 4. The van der Waals surface area contributed by atoms with E-state index in [2.05, 4.69) is 25.1 Å². The molecule has 5 heteroatoms. The summed E-state index contributed by atoms with van der Waals surface area (Å²) < 4.78 is 5.45. The highest BCUT2D eigenvalue weighted by atomic mass is 31.0. The third kappa shape index (κ3) is 2.78. The van der Waals surface area contributed by atoms with Gasteiger partial charge in [0.1, 0.15) is 0 Å². The number of hydrogen-bond acceptors (Lipinski definition) is 4. The Bertz CT molecular complexity index is 546. The Morgan fingerprint density at radius 1 is 1.28 bits per heavy atom. The molecule has 2 N–H and O–H groups in total. The average Bonchev–Trinajstić information content (AvgIpc) is 2.39. The molecule has 0 aliphatic carbocycles. The van der Waals surface area contributed by atoms with Crippen LogP contribution in [0.5, 0.6) is 11.6 Å². The van der Waals surface area contributed by atoms with E-state index >= 15 is 0 Å². The minimum atomic E-state index is 0.294. The van der Waals surface area contributed by atoms with E-state index in [1.54, 1.807) is 6.20 Å². The van der Waals surface area contributed by atoms with Crippen molar-refractivity contribution in [1.29, 1.82) is 0 Å². The van der Waals surface area contributed by atoms with Gasteiger partial charge in [0.15, 0.2) is 5.75 Å². The molecule has 18 heavy (non-hydrogen) atoms. The van der Waals surface area contributed by atoms with E-state index in [0.717, 1.165) is 16.4 Å². The van der Waals surface area contributed by atoms with Crippen LogP contribution < -0.4 is 20.8 Å². The first-order chi connectivity index (χ1) is 8.74. The first-order valence-corrected chi connectivity index (χ1v) is 6.17. The van der Waals surface area contributed by atoms with Gasteiger partial charge in [-0.1, -0.05) is 18.2 Å². The van der Waals surface area contributed by atoms with Crippen molar-refractivity contribution in [1.82, 2.24) is 4.98 Å². The lowest BCUT2D eigenvalue weighted by Crippen LogP contribution is -2.06. The zero-order valence-electron chi connectivity index (χ0n) is 10.1. The molecule has 0 bridgehead atoms. The Labute approximate surface area is 108 Å². The molecule has 1 heterocycles. The van der Waals surface area contributed by atoms with E-state index in [1.165, 1.54) is 0 Å². The summed E-state index contributed by atoms with van der Waals surface area (Å²) in [6.07, 6.45) is 1.71. The van der Waals surface area contributed by atoms with Gasteiger partial charge in [-0.2, -0.15) is 5.90 Å². The summed E-state index contributed by atoms with van der Waals surface area (Å²) in [6, 6.07) is 9.95. The SMILES string of the molecule is CCOc1cc(-c2cccc(P)c2)cnc1ON. The molecule has 1 unspecified atom stereocenters. The number of ether oxygens (including phenoxy) is 1. The fourth-order valence-electron chi connectivity index (χ4n) is 1.66. The molecular weight excluding hydrogens is 247 g/mol. The molecule has 4 nitrogen and oxygen atoms in total. The topological polar surface area (TPSA) is 57.4 Å². The number of hydrogen-bond donors (Lipinski definition) is 1. The van der Waals surface area contributed by atoms with E-state index in [-0.39, 0.29) is 0 Å². The molecule has 0 aliphatic rings. The van der Waals surface area contributed by atoms with Crippen LogP contribution in [-0.2, 0) is 0 Å². The number of pyridine rings is 1. The van der Waals surface area contributed by atoms with E-state index in [1.807, 2.05) is 31.2 Å². The number of benzene rings is 1. The van der Waals surface area contributed by atoms with E-state index in [9.17, 15) is 0 Å². The average molecular weight is 262 g/mol. The predicted octanol–water partition coefficient (Wildman–Crippen LogP) is 1.90. The smallest absolute Gasteiger partial charge is 0.279 e. The molecular formula is C13H15N2O2P. The van der Waals surface area contributed by atoms with Crippen LogP contribution in [-0.4, -0.2) is 11.6 Å². The first kappa shape index (κ1) is 12.8. The summed E-state index contributed by atoms with van der Waals surface area (Å²) in [5.41, 5.74) is 2.03. The van der Waals surface area contributed by atoms with Gasteiger partial charge in [0.25, 0.3) is 5.88 Å². The maximum atomic E-state index is 5.45. The van der Waals surface area contributed by atoms with Crippen molar-refractivity contribution in [2.24, 2.45) is 5.90 Å². The van der Waals surface area contributed by atoms with Gasteiger partial charge in [-0.05, 0) is 29.9 Å². The highest BCUT2D eigenvalue weighted by Gasteiger charge is 2.08. The number of aromatic nitrogens is 1. The van der Waals surface area contributed by atoms with Crippen molar-refractivity contribution in [3.8, 4) is 22.8 Å². The second-order valence-electron chi connectivity index (χ2n) is 3.70. The second-order valence-corrected chi connectivity index (χ2v) is 4.37. The normalized spacial score (nSPS) is 10.2. The number of nitrogens with two attached hydrogens (primary N) is 1. The lowest BCUT2D eigenvalue weighted by Gasteiger charge is -2.09. The molecule has 0 spiro atoms. The predicted molar refractivity (Wildman–Crippen MR) is 75.0 cm³/mol. The monoisotopic (exact) mass is 262 g/mol. The van der Waals surface area contributed by atoms with Crippen LogP contribution in [0.3, 0.4) is 0 Å². The summed E-state index contributed by atoms with van der Waals surface area (Å²) >= 11 is 0. The van der Waals surface area contributed by atoms with Gasteiger partial charge in [-0.25, -0.2) is 4.98 Å². The summed E-state index contributed by atoms with van der Waals surface area (Å²) in [5, 5.41) is 1.12. The molecule has 0 radical (unpaired) electrons. The summed E-state index contributed by atoms with van der Waals surface area (Å²) in [5.74, 6) is 5.99. The van der Waals surface area contributed by atoms with Crippen LogP contribution in [0.25, 0.3) is 11.1 Å². The van der Waals surface area contributed by atoms with Gasteiger partial charge in [-0.15, -0.1) is 9.24 Å². The van der Waals surface area contributed by atoms with Crippen molar-refractivity contribution in [2.75, 3.05) is 6.61 Å². The van der Waals surface area contributed by atoms with Crippen molar-refractivity contribution in [3.05, 3.63) is 36.5 Å². The fraction of sp³-hybridized carbons (Fsp3) is 0.154. The van der Waals surface area contributed by atoms with Gasteiger partial charge in [0, 0.05) is 11.8 Å². The first-order valence-electron chi connectivity index (χ1n) is 5.60. The van der Waals surface area contributed by atoms with Crippen molar-refractivity contribution in [3.63, 3.8) is 0 Å². The van der Waals surface area contributed by atoms with E-state index in [0.29, 0.717) is 18.2 Å². The highest BCUT2D eigenvalue weighted by molar-refractivity contribution is 7.27. The Balaban J connectivity index is 2.43. The van der Waals surface area contributed by atoms with Crippen LogP contribution in [0.1, 0.15) is 6.92 Å². The molecule has 2 aromatic rings. The van der Waals surface area contributed by atoms with Crippen molar-refractivity contribution < 1.29 is 9.57 Å². The molecule has 0 saturated heterocycles. The van der Waals surface area contributed by atoms with Crippen LogP contribution in [0.4, 0.5) is 0 Å². The van der Waals surface area contributed by atoms with Gasteiger partial charge in [-0.3, -0.25) is 0 Å².